The molecule has 0 radical (unpaired) electrons. The summed E-state index contributed by atoms with van der Waals surface area (Å²) in [6, 6.07) is 22.8. The van der Waals surface area contributed by atoms with E-state index in [-0.39, 0.29) is 17.7 Å². The molecule has 168 valence electrons. The molecule has 3 heteroatoms. The molecular weight excluding hydrogens is 406 g/mol. The first-order valence-electron chi connectivity index (χ1n) is 11.4. The van der Waals surface area contributed by atoms with Gasteiger partial charge in [-0.05, 0) is 59.0 Å². The lowest BCUT2D eigenvalue weighted by Gasteiger charge is -2.24. The Morgan fingerprint density at radius 3 is 2.12 bits per heavy atom. The van der Waals surface area contributed by atoms with Crippen LogP contribution in [0.2, 0.25) is 0 Å². The summed E-state index contributed by atoms with van der Waals surface area (Å²) >= 11 is 0. The summed E-state index contributed by atoms with van der Waals surface area (Å²) < 4.78 is 5.85. The van der Waals surface area contributed by atoms with E-state index in [9.17, 15) is 4.79 Å². The van der Waals surface area contributed by atoms with Gasteiger partial charge in [-0.25, -0.2) is 0 Å². The van der Waals surface area contributed by atoms with Gasteiger partial charge in [0.2, 0.25) is 5.91 Å². The summed E-state index contributed by atoms with van der Waals surface area (Å²) in [7, 11) is 1.69. The van der Waals surface area contributed by atoms with Crippen LogP contribution in [0.1, 0.15) is 26.3 Å². The van der Waals surface area contributed by atoms with E-state index >= 15 is 0 Å². The van der Waals surface area contributed by atoms with Gasteiger partial charge in [0.1, 0.15) is 5.75 Å². The second kappa shape index (κ2) is 9.11. The number of amides is 1. The zero-order valence-electron chi connectivity index (χ0n) is 20.0. The molecule has 0 bridgehead atoms. The maximum atomic E-state index is 13.4. The number of ether oxygens (including phenoxy) is 1. The van der Waals surface area contributed by atoms with Crippen LogP contribution in [0.4, 0.5) is 5.69 Å². The number of methoxy groups -OCH3 is 1. The molecule has 3 nitrogen and oxygen atoms in total. The number of fused-ring (bicyclic) bond motifs is 2. The molecule has 0 saturated carbocycles. The van der Waals surface area contributed by atoms with Crippen molar-refractivity contribution >= 4 is 33.1 Å². The summed E-state index contributed by atoms with van der Waals surface area (Å²) in [6.07, 6.45) is 0. The summed E-state index contributed by atoms with van der Waals surface area (Å²) in [6.45, 7) is 12.1. The number of carbonyl (C=O) groups is 1. The Labute approximate surface area is 196 Å². The SMILES string of the molecule is C=C(C)[C@H](C)[C@H](C)C(=O)Nc1c(C)cc2ccccc2c1-c1c(OC)ccc2ccccc12. The van der Waals surface area contributed by atoms with Crippen LogP contribution < -0.4 is 10.1 Å². The molecule has 0 aromatic heterocycles. The number of carbonyl (C=O) groups excluding carboxylic acids is 1. The highest BCUT2D eigenvalue weighted by Gasteiger charge is 2.25. The van der Waals surface area contributed by atoms with Crippen molar-refractivity contribution in [2.45, 2.75) is 27.7 Å². The topological polar surface area (TPSA) is 38.3 Å². The minimum absolute atomic E-state index is 0.00988. The van der Waals surface area contributed by atoms with Gasteiger partial charge in [-0.1, -0.05) is 80.6 Å². The number of aryl methyl sites for hydroxylation is 1. The molecular formula is C30H31NO2. The highest BCUT2D eigenvalue weighted by molar-refractivity contribution is 6.14. The van der Waals surface area contributed by atoms with Crippen LogP contribution in [0, 0.1) is 18.8 Å². The molecule has 33 heavy (non-hydrogen) atoms. The van der Waals surface area contributed by atoms with Gasteiger partial charge in [0.05, 0.1) is 12.8 Å². The minimum Gasteiger partial charge on any atom is -0.496 e. The second-order valence-corrected chi connectivity index (χ2v) is 8.94. The average molecular weight is 438 g/mol. The number of rotatable bonds is 6. The lowest BCUT2D eigenvalue weighted by atomic mass is 9.88. The molecule has 0 aliphatic rings. The number of allylic oxidation sites excluding steroid dienone is 1. The molecule has 0 heterocycles. The fourth-order valence-electron chi connectivity index (χ4n) is 4.48. The molecule has 0 aliphatic carbocycles. The predicted molar refractivity (Wildman–Crippen MR) is 140 cm³/mol. The summed E-state index contributed by atoms with van der Waals surface area (Å²) in [5, 5.41) is 7.70. The zero-order chi connectivity index (χ0) is 23.7. The lowest BCUT2D eigenvalue weighted by molar-refractivity contribution is -0.120. The van der Waals surface area contributed by atoms with Crippen molar-refractivity contribution in [3.63, 3.8) is 0 Å². The van der Waals surface area contributed by atoms with Crippen molar-refractivity contribution in [1.29, 1.82) is 0 Å². The van der Waals surface area contributed by atoms with Gasteiger partial charge in [-0.3, -0.25) is 4.79 Å². The van der Waals surface area contributed by atoms with Gasteiger partial charge in [-0.15, -0.1) is 0 Å². The zero-order valence-corrected chi connectivity index (χ0v) is 20.0. The first kappa shape index (κ1) is 22.6. The van der Waals surface area contributed by atoms with Crippen LogP contribution >= 0.6 is 0 Å². The quantitative estimate of drug-likeness (QED) is 0.313. The fraction of sp³-hybridized carbons (Fsp3) is 0.233. The fourth-order valence-corrected chi connectivity index (χ4v) is 4.48. The van der Waals surface area contributed by atoms with E-state index in [0.717, 1.165) is 55.2 Å². The van der Waals surface area contributed by atoms with E-state index < -0.39 is 0 Å². The van der Waals surface area contributed by atoms with Gasteiger partial charge >= 0.3 is 0 Å². The van der Waals surface area contributed by atoms with Crippen LogP contribution in [-0.4, -0.2) is 13.0 Å². The third-order valence-electron chi connectivity index (χ3n) is 6.80. The van der Waals surface area contributed by atoms with Crippen LogP contribution in [0.3, 0.4) is 0 Å². The normalized spacial score (nSPS) is 13.0. The van der Waals surface area contributed by atoms with E-state index in [2.05, 4.69) is 62.1 Å². The average Bonchev–Trinajstić information content (AvgIpc) is 2.82. The Morgan fingerprint density at radius 1 is 0.879 bits per heavy atom. The molecule has 0 aliphatic heterocycles. The summed E-state index contributed by atoms with van der Waals surface area (Å²) in [5.41, 5.74) is 4.83. The number of anilines is 1. The summed E-state index contributed by atoms with van der Waals surface area (Å²) in [4.78, 5) is 13.4. The van der Waals surface area contributed by atoms with E-state index in [1.54, 1.807) is 7.11 Å². The number of hydrogen-bond donors (Lipinski definition) is 1. The van der Waals surface area contributed by atoms with E-state index in [0.29, 0.717) is 0 Å². The predicted octanol–water partition coefficient (Wildman–Crippen LogP) is 7.76. The monoisotopic (exact) mass is 437 g/mol. The van der Waals surface area contributed by atoms with Crippen LogP contribution in [-0.2, 0) is 4.79 Å². The molecule has 4 rings (SSSR count). The Hall–Kier alpha value is -3.59. The highest BCUT2D eigenvalue weighted by Crippen LogP contribution is 2.46. The molecule has 1 amide bonds. The molecule has 4 aromatic carbocycles. The largest absolute Gasteiger partial charge is 0.496 e. The smallest absolute Gasteiger partial charge is 0.227 e. The Kier molecular flexibility index (Phi) is 6.24. The lowest BCUT2D eigenvalue weighted by Crippen LogP contribution is -2.26. The van der Waals surface area contributed by atoms with Crippen molar-refractivity contribution in [3.05, 3.63) is 84.4 Å². The standard InChI is InChI=1S/C30H31NO2/c1-18(2)20(4)21(5)30(32)31-29-19(3)17-23-12-8-10-14-25(23)28(29)27-24-13-9-7-11-22(24)15-16-26(27)33-6/h7-17,20-21H,1H2,2-6H3,(H,31,32)/t20-,21-/m0/s1. The molecule has 0 saturated heterocycles. The van der Waals surface area contributed by atoms with Crippen molar-refractivity contribution in [1.82, 2.24) is 0 Å². The second-order valence-electron chi connectivity index (χ2n) is 8.94. The molecule has 0 fully saturated rings. The maximum Gasteiger partial charge on any atom is 0.227 e. The van der Waals surface area contributed by atoms with Crippen LogP contribution in [0.5, 0.6) is 5.75 Å². The number of hydrogen-bond acceptors (Lipinski definition) is 2. The van der Waals surface area contributed by atoms with E-state index in [1.165, 1.54) is 0 Å². The Morgan fingerprint density at radius 2 is 1.48 bits per heavy atom. The Balaban J connectivity index is 2.02. The maximum absolute atomic E-state index is 13.4. The van der Waals surface area contributed by atoms with Gasteiger partial charge in [0, 0.05) is 17.0 Å². The first-order chi connectivity index (χ1) is 15.8. The van der Waals surface area contributed by atoms with Crippen molar-refractivity contribution in [2.75, 3.05) is 12.4 Å². The van der Waals surface area contributed by atoms with Gasteiger partial charge in [-0.2, -0.15) is 0 Å². The number of benzene rings is 4. The highest BCUT2D eigenvalue weighted by atomic mass is 16.5. The van der Waals surface area contributed by atoms with Crippen molar-refractivity contribution in [3.8, 4) is 16.9 Å². The van der Waals surface area contributed by atoms with Gasteiger partial charge in [0.15, 0.2) is 0 Å². The van der Waals surface area contributed by atoms with E-state index in [4.69, 9.17) is 4.74 Å². The number of nitrogens with one attached hydrogen (secondary N) is 1. The van der Waals surface area contributed by atoms with Crippen LogP contribution in [0.15, 0.2) is 78.9 Å². The molecule has 4 aromatic rings. The van der Waals surface area contributed by atoms with Gasteiger partial charge in [0.25, 0.3) is 0 Å². The van der Waals surface area contributed by atoms with Gasteiger partial charge < -0.3 is 10.1 Å². The molecule has 1 N–H and O–H groups in total. The van der Waals surface area contributed by atoms with Crippen LogP contribution in [0.25, 0.3) is 32.7 Å². The third kappa shape index (κ3) is 4.11. The summed E-state index contributed by atoms with van der Waals surface area (Å²) in [5.74, 6) is 0.657. The van der Waals surface area contributed by atoms with Crippen molar-refractivity contribution < 1.29 is 9.53 Å². The first-order valence-corrected chi connectivity index (χ1v) is 11.4. The third-order valence-corrected chi connectivity index (χ3v) is 6.80. The molecule has 2 atom stereocenters. The van der Waals surface area contributed by atoms with Crippen molar-refractivity contribution in [2.24, 2.45) is 11.8 Å². The minimum atomic E-state index is -0.198. The molecule has 0 spiro atoms. The van der Waals surface area contributed by atoms with E-state index in [1.807, 2.05) is 44.2 Å². The Bertz CT molecular complexity index is 1370. The molecule has 0 unspecified atom stereocenters.